The van der Waals surface area contributed by atoms with E-state index < -0.39 is 0 Å². The minimum Gasteiger partial charge on any atom is -0.368 e. The Morgan fingerprint density at radius 1 is 1.16 bits per heavy atom. The zero-order chi connectivity index (χ0) is 13.2. The summed E-state index contributed by atoms with van der Waals surface area (Å²) in [5.74, 6) is 0. The summed E-state index contributed by atoms with van der Waals surface area (Å²) in [5.41, 5.74) is 2.27. The molecule has 1 saturated heterocycles. The van der Waals surface area contributed by atoms with Gasteiger partial charge >= 0.3 is 0 Å². The lowest BCUT2D eigenvalue weighted by Gasteiger charge is -2.36. The second-order valence-electron chi connectivity index (χ2n) is 4.91. The molecule has 1 aliphatic rings. The number of likely N-dealkylation sites (N-methyl/N-ethyl adjacent to an activating group) is 1. The van der Waals surface area contributed by atoms with Gasteiger partial charge in [0.1, 0.15) is 0 Å². The minimum atomic E-state index is 0.772. The summed E-state index contributed by atoms with van der Waals surface area (Å²) in [6.45, 7) is 7.74. The summed E-state index contributed by atoms with van der Waals surface area (Å²) in [7, 11) is 0. The zero-order valence-corrected chi connectivity index (χ0v) is 11.9. The van der Waals surface area contributed by atoms with E-state index in [1.54, 1.807) is 0 Å². The highest BCUT2D eigenvalue weighted by Crippen LogP contribution is 2.28. The Morgan fingerprint density at radius 2 is 1.95 bits per heavy atom. The molecule has 0 radical (unpaired) electrons. The van der Waals surface area contributed by atoms with E-state index in [4.69, 9.17) is 11.6 Å². The minimum absolute atomic E-state index is 0.772. The Kier molecular flexibility index (Phi) is 3.58. The molecule has 0 saturated carbocycles. The first kappa shape index (κ1) is 12.7. The summed E-state index contributed by atoms with van der Waals surface area (Å²) >= 11 is 6.12. The number of piperazine rings is 1. The van der Waals surface area contributed by atoms with Crippen LogP contribution < -0.4 is 4.90 Å². The van der Waals surface area contributed by atoms with Crippen LogP contribution in [0.5, 0.6) is 0 Å². The second-order valence-corrected chi connectivity index (χ2v) is 5.35. The van der Waals surface area contributed by atoms with Crippen molar-refractivity contribution in [3.05, 3.63) is 35.5 Å². The van der Waals surface area contributed by atoms with Crippen LogP contribution in [0.2, 0.25) is 5.02 Å². The molecule has 4 heteroatoms. The predicted molar refractivity (Wildman–Crippen MR) is 81.1 cm³/mol. The van der Waals surface area contributed by atoms with Gasteiger partial charge in [-0.2, -0.15) is 0 Å². The third-order valence-corrected chi connectivity index (χ3v) is 4.08. The summed E-state index contributed by atoms with van der Waals surface area (Å²) in [5, 5.41) is 1.92. The van der Waals surface area contributed by atoms with E-state index in [-0.39, 0.29) is 0 Å². The monoisotopic (exact) mass is 275 g/mol. The largest absolute Gasteiger partial charge is 0.368 e. The van der Waals surface area contributed by atoms with Gasteiger partial charge in [-0.05, 0) is 30.8 Å². The van der Waals surface area contributed by atoms with Crippen LogP contribution in [0.4, 0.5) is 5.69 Å². The number of halogens is 1. The van der Waals surface area contributed by atoms with E-state index in [2.05, 4.69) is 27.8 Å². The van der Waals surface area contributed by atoms with E-state index in [0.29, 0.717) is 0 Å². The molecular weight excluding hydrogens is 258 g/mol. The smallest absolute Gasteiger partial charge is 0.0723 e. The molecule has 1 aromatic carbocycles. The first-order chi connectivity index (χ1) is 9.28. The fourth-order valence-electron chi connectivity index (χ4n) is 2.68. The number of anilines is 1. The first-order valence-electron chi connectivity index (χ1n) is 6.79. The number of hydrogen-bond donors (Lipinski definition) is 0. The van der Waals surface area contributed by atoms with Crippen LogP contribution in [0.25, 0.3) is 10.9 Å². The molecule has 3 rings (SSSR count). The molecule has 0 bridgehead atoms. The molecule has 0 spiro atoms. The van der Waals surface area contributed by atoms with Crippen LogP contribution in [0.3, 0.4) is 0 Å². The van der Waals surface area contributed by atoms with Crippen molar-refractivity contribution in [2.75, 3.05) is 37.6 Å². The van der Waals surface area contributed by atoms with Crippen molar-refractivity contribution in [3.8, 4) is 0 Å². The number of aromatic nitrogens is 1. The zero-order valence-electron chi connectivity index (χ0n) is 11.1. The predicted octanol–water partition coefficient (Wildman–Crippen LogP) is 3.03. The molecule has 2 aromatic rings. The third-order valence-electron chi connectivity index (χ3n) is 3.84. The van der Waals surface area contributed by atoms with Gasteiger partial charge in [-0.3, -0.25) is 4.98 Å². The SMILES string of the molecule is CCN1CCN(c2ccnc3ccc(Cl)cc23)CC1. The van der Waals surface area contributed by atoms with Gasteiger partial charge in [-0.1, -0.05) is 18.5 Å². The van der Waals surface area contributed by atoms with Crippen LogP contribution in [-0.2, 0) is 0 Å². The quantitative estimate of drug-likeness (QED) is 0.840. The van der Waals surface area contributed by atoms with Crippen molar-refractivity contribution in [1.29, 1.82) is 0 Å². The van der Waals surface area contributed by atoms with Crippen molar-refractivity contribution in [3.63, 3.8) is 0 Å². The van der Waals surface area contributed by atoms with E-state index in [1.165, 1.54) is 5.69 Å². The van der Waals surface area contributed by atoms with Gasteiger partial charge in [0, 0.05) is 48.5 Å². The highest BCUT2D eigenvalue weighted by molar-refractivity contribution is 6.31. The summed E-state index contributed by atoms with van der Waals surface area (Å²) in [4.78, 5) is 9.33. The summed E-state index contributed by atoms with van der Waals surface area (Å²) < 4.78 is 0. The van der Waals surface area contributed by atoms with Crippen LogP contribution in [-0.4, -0.2) is 42.6 Å². The summed E-state index contributed by atoms with van der Waals surface area (Å²) in [6.07, 6.45) is 1.89. The normalized spacial score (nSPS) is 17.1. The lowest BCUT2D eigenvalue weighted by Crippen LogP contribution is -2.46. The molecule has 0 amide bonds. The lowest BCUT2D eigenvalue weighted by molar-refractivity contribution is 0.271. The molecule has 0 aliphatic carbocycles. The molecule has 1 aliphatic heterocycles. The maximum Gasteiger partial charge on any atom is 0.0723 e. The van der Waals surface area contributed by atoms with E-state index in [9.17, 15) is 0 Å². The highest BCUT2D eigenvalue weighted by Gasteiger charge is 2.17. The van der Waals surface area contributed by atoms with Crippen molar-refractivity contribution in [1.82, 2.24) is 9.88 Å². The molecule has 3 nitrogen and oxygen atoms in total. The van der Waals surface area contributed by atoms with E-state index >= 15 is 0 Å². The van der Waals surface area contributed by atoms with Crippen LogP contribution >= 0.6 is 11.6 Å². The molecule has 2 heterocycles. The molecule has 0 atom stereocenters. The average molecular weight is 276 g/mol. The Morgan fingerprint density at radius 3 is 2.68 bits per heavy atom. The van der Waals surface area contributed by atoms with Crippen LogP contribution in [0.1, 0.15) is 6.92 Å². The number of hydrogen-bond acceptors (Lipinski definition) is 3. The number of fused-ring (bicyclic) bond motifs is 1. The number of benzene rings is 1. The van der Waals surface area contributed by atoms with E-state index in [1.807, 2.05) is 24.4 Å². The van der Waals surface area contributed by atoms with Crippen molar-refractivity contribution in [2.24, 2.45) is 0 Å². The Balaban J connectivity index is 1.94. The lowest BCUT2D eigenvalue weighted by atomic mass is 10.1. The average Bonchev–Trinajstić information content (AvgIpc) is 2.47. The number of nitrogens with zero attached hydrogens (tertiary/aromatic N) is 3. The van der Waals surface area contributed by atoms with Gasteiger partial charge < -0.3 is 9.80 Å². The van der Waals surface area contributed by atoms with Crippen LogP contribution in [0, 0.1) is 0 Å². The van der Waals surface area contributed by atoms with Gasteiger partial charge in [0.15, 0.2) is 0 Å². The Hall–Kier alpha value is -1.32. The maximum absolute atomic E-state index is 6.12. The van der Waals surface area contributed by atoms with Gasteiger partial charge in [-0.15, -0.1) is 0 Å². The molecule has 0 unspecified atom stereocenters. The van der Waals surface area contributed by atoms with Gasteiger partial charge in [0.25, 0.3) is 0 Å². The maximum atomic E-state index is 6.12. The second kappa shape index (κ2) is 5.35. The van der Waals surface area contributed by atoms with Gasteiger partial charge in [0.05, 0.1) is 5.52 Å². The van der Waals surface area contributed by atoms with E-state index in [0.717, 1.165) is 48.6 Å². The molecular formula is C15H18ClN3. The number of rotatable bonds is 2. The highest BCUT2D eigenvalue weighted by atomic mass is 35.5. The molecule has 0 N–H and O–H groups in total. The Labute approximate surface area is 118 Å². The number of pyridine rings is 1. The van der Waals surface area contributed by atoms with Crippen molar-refractivity contribution >= 4 is 28.2 Å². The molecule has 1 fully saturated rings. The van der Waals surface area contributed by atoms with Crippen molar-refractivity contribution in [2.45, 2.75) is 6.92 Å². The van der Waals surface area contributed by atoms with Gasteiger partial charge in [-0.25, -0.2) is 0 Å². The first-order valence-corrected chi connectivity index (χ1v) is 7.17. The third kappa shape index (κ3) is 2.53. The molecule has 1 aromatic heterocycles. The summed E-state index contributed by atoms with van der Waals surface area (Å²) in [6, 6.07) is 8.00. The topological polar surface area (TPSA) is 19.4 Å². The fourth-order valence-corrected chi connectivity index (χ4v) is 2.86. The standard InChI is InChI=1S/C15H18ClN3/c1-2-18-7-9-19(10-8-18)15-5-6-17-14-4-3-12(16)11-13(14)15/h3-6,11H,2,7-10H2,1H3. The molecule has 100 valence electrons. The Bertz CT molecular complexity index is 577. The molecule has 19 heavy (non-hydrogen) atoms. The van der Waals surface area contributed by atoms with Gasteiger partial charge in [0.2, 0.25) is 0 Å². The fraction of sp³-hybridized carbons (Fsp3) is 0.400. The van der Waals surface area contributed by atoms with Crippen molar-refractivity contribution < 1.29 is 0 Å². The van der Waals surface area contributed by atoms with Crippen LogP contribution in [0.15, 0.2) is 30.5 Å².